The highest BCUT2D eigenvalue weighted by Gasteiger charge is 1.95. The molecule has 5 heteroatoms. The van der Waals surface area contributed by atoms with Crippen LogP contribution in [0.3, 0.4) is 0 Å². The smallest absolute Gasteiger partial charge is 0.0703 e. The van der Waals surface area contributed by atoms with Crippen molar-refractivity contribution < 1.29 is 8.76 Å². The minimum atomic E-state index is -2.28. The van der Waals surface area contributed by atoms with Crippen LogP contribution < -0.4 is 4.72 Å². The van der Waals surface area contributed by atoms with E-state index < -0.39 is 11.3 Å². The summed E-state index contributed by atoms with van der Waals surface area (Å²) < 4.78 is 23.0. The number of nitrogens with zero attached hydrogens (tertiary/aromatic N) is 1. The summed E-state index contributed by atoms with van der Waals surface area (Å²) in [6.45, 7) is 0. The summed E-state index contributed by atoms with van der Waals surface area (Å²) in [5.74, 6) is 0. The number of pyridine rings is 1. The summed E-state index contributed by atoms with van der Waals surface area (Å²) in [5.41, 5.74) is 1.38. The maximum Gasteiger partial charge on any atom is 0.0703 e. The fraction of sp³-hybridized carbons (Fsp3) is 0. The second-order valence-electron chi connectivity index (χ2n) is 2.75. The number of benzene rings is 1. The maximum atomic E-state index is 10.4. The highest BCUT2D eigenvalue weighted by atomic mass is 32.2. The number of rotatable bonds is 2. The van der Waals surface area contributed by atoms with Crippen LogP contribution in [0.5, 0.6) is 0 Å². The third-order valence-corrected chi connectivity index (χ3v) is 2.21. The van der Waals surface area contributed by atoms with Crippen LogP contribution in [0, 0.1) is 0 Å². The minimum Gasteiger partial charge on any atom is -0.755 e. The molecule has 2 rings (SSSR count). The lowest BCUT2D eigenvalue weighted by Gasteiger charge is -2.08. The quantitative estimate of drug-likeness (QED) is 0.758. The fourth-order valence-corrected chi connectivity index (χ4v) is 1.55. The van der Waals surface area contributed by atoms with Crippen molar-refractivity contribution in [2.24, 2.45) is 0 Å². The van der Waals surface area contributed by atoms with Crippen molar-refractivity contribution >= 4 is 27.9 Å². The normalized spacial score (nSPS) is 12.6. The molecule has 0 saturated carbocycles. The lowest BCUT2D eigenvalue weighted by Crippen LogP contribution is -2.01. The number of aromatic nitrogens is 1. The molecule has 0 radical (unpaired) electrons. The van der Waals surface area contributed by atoms with E-state index in [1.54, 1.807) is 30.5 Å². The van der Waals surface area contributed by atoms with Crippen molar-refractivity contribution in [2.45, 2.75) is 0 Å². The van der Waals surface area contributed by atoms with Crippen molar-refractivity contribution in [3.8, 4) is 0 Å². The summed E-state index contributed by atoms with van der Waals surface area (Å²) in [6.07, 6.45) is 1.70. The zero-order valence-electron chi connectivity index (χ0n) is 7.14. The number of hydrogen-bond donors (Lipinski definition) is 1. The van der Waals surface area contributed by atoms with Crippen molar-refractivity contribution in [3.05, 3.63) is 36.5 Å². The van der Waals surface area contributed by atoms with Gasteiger partial charge in [-0.05, 0) is 24.3 Å². The van der Waals surface area contributed by atoms with E-state index in [1.807, 2.05) is 6.07 Å². The molecule has 4 nitrogen and oxygen atoms in total. The van der Waals surface area contributed by atoms with Gasteiger partial charge in [-0.1, -0.05) is 6.07 Å². The molecule has 1 unspecified atom stereocenters. The molecule has 0 spiro atoms. The van der Waals surface area contributed by atoms with Gasteiger partial charge in [-0.25, -0.2) is 0 Å². The van der Waals surface area contributed by atoms with Gasteiger partial charge in [0.25, 0.3) is 0 Å². The van der Waals surface area contributed by atoms with E-state index >= 15 is 0 Å². The van der Waals surface area contributed by atoms with Gasteiger partial charge in [0.15, 0.2) is 0 Å². The van der Waals surface area contributed by atoms with E-state index in [0.29, 0.717) is 5.69 Å². The van der Waals surface area contributed by atoms with E-state index in [0.717, 1.165) is 10.9 Å². The summed E-state index contributed by atoms with van der Waals surface area (Å²) >= 11 is -2.28. The van der Waals surface area contributed by atoms with Gasteiger partial charge < -0.3 is 9.27 Å². The van der Waals surface area contributed by atoms with Crippen molar-refractivity contribution in [1.82, 2.24) is 4.98 Å². The molecular weight excluding hydrogens is 200 g/mol. The SMILES string of the molecule is O=S([O-])Nc1ccc2ncccc2c1. The van der Waals surface area contributed by atoms with E-state index in [2.05, 4.69) is 9.71 Å². The molecule has 1 aromatic heterocycles. The monoisotopic (exact) mass is 207 g/mol. The molecule has 0 fully saturated rings. The van der Waals surface area contributed by atoms with Crippen LogP contribution in [-0.2, 0) is 11.3 Å². The Morgan fingerprint density at radius 2 is 2.21 bits per heavy atom. The van der Waals surface area contributed by atoms with Gasteiger partial charge in [-0.3, -0.25) is 9.19 Å². The molecular formula is C9H7N2O2S-. The predicted molar refractivity (Wildman–Crippen MR) is 54.3 cm³/mol. The van der Waals surface area contributed by atoms with Crippen LogP contribution in [0.2, 0.25) is 0 Å². The van der Waals surface area contributed by atoms with E-state index in [1.165, 1.54) is 0 Å². The second-order valence-corrected chi connectivity index (χ2v) is 3.42. The van der Waals surface area contributed by atoms with E-state index in [-0.39, 0.29) is 0 Å². The average Bonchev–Trinajstić information content (AvgIpc) is 2.17. The van der Waals surface area contributed by atoms with Gasteiger partial charge in [-0.2, -0.15) is 0 Å². The molecule has 0 aliphatic carbocycles. The Bertz CT molecular complexity index is 487. The third-order valence-electron chi connectivity index (χ3n) is 1.80. The number of nitrogens with one attached hydrogen (secondary N) is 1. The van der Waals surface area contributed by atoms with Gasteiger partial charge in [0.05, 0.1) is 5.52 Å². The largest absolute Gasteiger partial charge is 0.755 e. The Morgan fingerprint density at radius 3 is 3.00 bits per heavy atom. The maximum absolute atomic E-state index is 10.4. The molecule has 0 aliphatic heterocycles. The average molecular weight is 207 g/mol. The van der Waals surface area contributed by atoms with Crippen LogP contribution in [0.15, 0.2) is 36.5 Å². The highest BCUT2D eigenvalue weighted by molar-refractivity contribution is 7.80. The van der Waals surface area contributed by atoms with Crippen LogP contribution in [0.4, 0.5) is 5.69 Å². The second kappa shape index (κ2) is 3.73. The Balaban J connectivity index is 2.46. The van der Waals surface area contributed by atoms with Gasteiger partial charge in [0, 0.05) is 28.5 Å². The molecule has 0 bridgehead atoms. The van der Waals surface area contributed by atoms with Gasteiger partial charge in [0.2, 0.25) is 0 Å². The standard InChI is InChI=1S/C9H8N2O2S/c12-14(13)11-8-3-4-9-7(6-8)2-1-5-10-9/h1-6,11H,(H,12,13)/p-1. The van der Waals surface area contributed by atoms with Crippen LogP contribution in [0.1, 0.15) is 0 Å². The first-order chi connectivity index (χ1) is 6.75. The Hall–Kier alpha value is -1.46. The lowest BCUT2D eigenvalue weighted by atomic mass is 10.2. The molecule has 0 amide bonds. The van der Waals surface area contributed by atoms with Gasteiger partial charge in [-0.15, -0.1) is 0 Å². The summed E-state index contributed by atoms with van der Waals surface area (Å²) in [7, 11) is 0. The number of hydrogen-bond acceptors (Lipinski definition) is 3. The Morgan fingerprint density at radius 1 is 1.36 bits per heavy atom. The van der Waals surface area contributed by atoms with Crippen molar-refractivity contribution in [3.63, 3.8) is 0 Å². The van der Waals surface area contributed by atoms with E-state index in [4.69, 9.17) is 0 Å². The molecule has 1 N–H and O–H groups in total. The van der Waals surface area contributed by atoms with Crippen LogP contribution in [0.25, 0.3) is 10.9 Å². The lowest BCUT2D eigenvalue weighted by molar-refractivity contribution is 0.542. The van der Waals surface area contributed by atoms with Crippen molar-refractivity contribution in [1.29, 1.82) is 0 Å². The topological polar surface area (TPSA) is 65.0 Å². The summed E-state index contributed by atoms with van der Waals surface area (Å²) in [5, 5.41) is 0.906. The first-order valence-corrected chi connectivity index (χ1v) is 5.04. The Labute approximate surface area is 83.4 Å². The number of fused-ring (bicyclic) bond motifs is 1. The molecule has 0 aliphatic rings. The molecule has 72 valence electrons. The fourth-order valence-electron chi connectivity index (χ4n) is 1.24. The first-order valence-electron chi connectivity index (χ1n) is 3.96. The molecule has 1 atom stereocenters. The molecule has 0 saturated heterocycles. The Kier molecular flexibility index (Phi) is 2.43. The zero-order chi connectivity index (χ0) is 9.97. The minimum absolute atomic E-state index is 0.541. The predicted octanol–water partition coefficient (Wildman–Crippen LogP) is 1.44. The molecule has 2 aromatic rings. The molecule has 1 aromatic carbocycles. The summed E-state index contributed by atoms with van der Waals surface area (Å²) in [4.78, 5) is 4.12. The van der Waals surface area contributed by atoms with Gasteiger partial charge >= 0.3 is 0 Å². The van der Waals surface area contributed by atoms with Gasteiger partial charge in [0.1, 0.15) is 0 Å². The van der Waals surface area contributed by atoms with Crippen LogP contribution >= 0.6 is 0 Å². The highest BCUT2D eigenvalue weighted by Crippen LogP contribution is 2.16. The van der Waals surface area contributed by atoms with E-state index in [9.17, 15) is 8.76 Å². The van der Waals surface area contributed by atoms with Crippen LogP contribution in [-0.4, -0.2) is 13.7 Å². The zero-order valence-corrected chi connectivity index (χ0v) is 7.95. The third kappa shape index (κ3) is 1.89. The summed E-state index contributed by atoms with van der Waals surface area (Å²) in [6, 6.07) is 8.86. The number of anilines is 1. The molecule has 14 heavy (non-hydrogen) atoms. The van der Waals surface area contributed by atoms with Crippen molar-refractivity contribution in [2.75, 3.05) is 4.72 Å². The first kappa shape index (κ1) is 9.11. The molecule has 1 heterocycles.